The number of hydrogen-bond donors (Lipinski definition) is 1. The number of para-hydroxylation sites is 1. The van der Waals surface area contributed by atoms with Gasteiger partial charge < -0.3 is 19.4 Å². The van der Waals surface area contributed by atoms with E-state index in [2.05, 4.69) is 5.32 Å². The Hall–Kier alpha value is -3.28. The van der Waals surface area contributed by atoms with Crippen LogP contribution in [0.1, 0.15) is 49.7 Å². The fraction of sp³-hybridized carbons (Fsp3) is 0.360. The van der Waals surface area contributed by atoms with Gasteiger partial charge in [0.25, 0.3) is 11.5 Å². The Morgan fingerprint density at radius 3 is 2.35 bits per heavy atom. The highest BCUT2D eigenvalue weighted by Crippen LogP contribution is 2.33. The normalized spacial score (nSPS) is 12.1. The lowest BCUT2D eigenvalue weighted by Crippen LogP contribution is -2.33. The molecular formula is C25H30N2O4. The number of amides is 1. The van der Waals surface area contributed by atoms with Crippen LogP contribution >= 0.6 is 0 Å². The summed E-state index contributed by atoms with van der Waals surface area (Å²) >= 11 is 0. The van der Waals surface area contributed by atoms with Gasteiger partial charge in [-0.1, -0.05) is 38.1 Å². The van der Waals surface area contributed by atoms with Gasteiger partial charge in [-0.3, -0.25) is 9.59 Å². The molecule has 1 atom stereocenters. The number of carbonyl (C=O) groups excluding carboxylic acids is 1. The minimum absolute atomic E-state index is 0.120. The van der Waals surface area contributed by atoms with Gasteiger partial charge in [0.2, 0.25) is 0 Å². The van der Waals surface area contributed by atoms with Gasteiger partial charge in [-0.05, 0) is 43.5 Å². The number of nitrogens with one attached hydrogen (secondary N) is 1. The van der Waals surface area contributed by atoms with Crippen molar-refractivity contribution >= 4 is 16.8 Å². The zero-order valence-electron chi connectivity index (χ0n) is 18.8. The molecular weight excluding hydrogens is 392 g/mol. The number of carbonyl (C=O) groups is 1. The van der Waals surface area contributed by atoms with Crippen LogP contribution in [0.5, 0.6) is 11.5 Å². The van der Waals surface area contributed by atoms with Crippen LogP contribution in [0.15, 0.2) is 53.3 Å². The second kappa shape index (κ2) is 9.69. The van der Waals surface area contributed by atoms with Crippen LogP contribution in [0, 0.1) is 5.92 Å². The maximum Gasteiger partial charge on any atom is 0.252 e. The zero-order valence-corrected chi connectivity index (χ0v) is 18.8. The SMILES string of the molecule is CCOc1ccc(C(NC(=O)c2cc(=O)n(C)c3ccccc23)C(C)C)cc1OCC. The minimum atomic E-state index is -0.278. The van der Waals surface area contributed by atoms with Crippen LogP contribution in [0.3, 0.4) is 0 Å². The molecule has 1 heterocycles. The fourth-order valence-electron chi connectivity index (χ4n) is 3.71. The Morgan fingerprint density at radius 2 is 1.68 bits per heavy atom. The lowest BCUT2D eigenvalue weighted by molar-refractivity contribution is 0.0927. The summed E-state index contributed by atoms with van der Waals surface area (Å²) in [4.78, 5) is 25.7. The van der Waals surface area contributed by atoms with Crippen molar-refractivity contribution in [3.63, 3.8) is 0 Å². The molecule has 0 aliphatic heterocycles. The zero-order chi connectivity index (χ0) is 22.5. The second-order valence-corrected chi connectivity index (χ2v) is 7.74. The molecule has 164 valence electrons. The Labute approximate surface area is 182 Å². The number of aromatic nitrogens is 1. The van der Waals surface area contributed by atoms with E-state index in [1.54, 1.807) is 11.6 Å². The molecule has 6 heteroatoms. The summed E-state index contributed by atoms with van der Waals surface area (Å²) in [5.74, 6) is 1.17. The van der Waals surface area contributed by atoms with Crippen molar-refractivity contribution in [2.45, 2.75) is 33.7 Å². The van der Waals surface area contributed by atoms with Crippen LogP contribution in [0.2, 0.25) is 0 Å². The van der Waals surface area contributed by atoms with Crippen molar-refractivity contribution in [1.29, 1.82) is 0 Å². The van der Waals surface area contributed by atoms with Crippen molar-refractivity contribution in [2.24, 2.45) is 13.0 Å². The van der Waals surface area contributed by atoms with Gasteiger partial charge >= 0.3 is 0 Å². The third kappa shape index (κ3) is 4.74. The molecule has 0 fully saturated rings. The van der Waals surface area contributed by atoms with E-state index in [0.29, 0.717) is 30.3 Å². The van der Waals surface area contributed by atoms with E-state index in [-0.39, 0.29) is 23.4 Å². The number of fused-ring (bicyclic) bond motifs is 1. The van der Waals surface area contributed by atoms with Gasteiger partial charge in [0.1, 0.15) is 0 Å². The Kier molecular flexibility index (Phi) is 7.00. The smallest absolute Gasteiger partial charge is 0.252 e. The summed E-state index contributed by atoms with van der Waals surface area (Å²) < 4.78 is 13.0. The Balaban J connectivity index is 1.99. The first kappa shape index (κ1) is 22.4. The molecule has 0 saturated carbocycles. The Bertz CT molecular complexity index is 1130. The van der Waals surface area contributed by atoms with Gasteiger partial charge in [-0.15, -0.1) is 0 Å². The lowest BCUT2D eigenvalue weighted by Gasteiger charge is -2.24. The van der Waals surface area contributed by atoms with Gasteiger partial charge in [-0.25, -0.2) is 0 Å². The highest BCUT2D eigenvalue weighted by atomic mass is 16.5. The van der Waals surface area contributed by atoms with Gasteiger partial charge in [0.15, 0.2) is 11.5 Å². The molecule has 1 amide bonds. The fourth-order valence-corrected chi connectivity index (χ4v) is 3.71. The molecule has 0 radical (unpaired) electrons. The average Bonchev–Trinajstić information content (AvgIpc) is 2.76. The number of ether oxygens (including phenoxy) is 2. The molecule has 3 rings (SSSR count). The highest BCUT2D eigenvalue weighted by Gasteiger charge is 2.22. The van der Waals surface area contributed by atoms with Crippen LogP contribution in [0.4, 0.5) is 0 Å². The van der Waals surface area contributed by atoms with Gasteiger partial charge in [0, 0.05) is 18.5 Å². The summed E-state index contributed by atoms with van der Waals surface area (Å²) in [5.41, 5.74) is 1.80. The van der Waals surface area contributed by atoms with E-state index >= 15 is 0 Å². The van der Waals surface area contributed by atoms with Crippen LogP contribution in [-0.2, 0) is 7.05 Å². The number of hydrogen-bond acceptors (Lipinski definition) is 4. The lowest BCUT2D eigenvalue weighted by atomic mass is 9.95. The predicted octanol–water partition coefficient (Wildman–Crippen LogP) is 4.46. The molecule has 31 heavy (non-hydrogen) atoms. The Morgan fingerprint density at radius 1 is 1.00 bits per heavy atom. The largest absolute Gasteiger partial charge is 0.490 e. The maximum absolute atomic E-state index is 13.3. The van der Waals surface area contributed by atoms with Gasteiger partial charge in [0.05, 0.1) is 30.3 Å². The highest BCUT2D eigenvalue weighted by molar-refractivity contribution is 6.06. The van der Waals surface area contributed by atoms with Crippen LogP contribution < -0.4 is 20.3 Å². The number of benzene rings is 2. The maximum atomic E-state index is 13.3. The van der Waals surface area contributed by atoms with Crippen molar-refractivity contribution < 1.29 is 14.3 Å². The van der Waals surface area contributed by atoms with E-state index < -0.39 is 0 Å². The third-order valence-corrected chi connectivity index (χ3v) is 5.28. The minimum Gasteiger partial charge on any atom is -0.490 e. The summed E-state index contributed by atoms with van der Waals surface area (Å²) in [5, 5.41) is 3.87. The first-order chi connectivity index (χ1) is 14.9. The van der Waals surface area contributed by atoms with E-state index in [4.69, 9.17) is 9.47 Å². The summed E-state index contributed by atoms with van der Waals surface area (Å²) in [6.07, 6.45) is 0. The molecule has 0 aliphatic carbocycles. The summed E-state index contributed by atoms with van der Waals surface area (Å²) in [7, 11) is 1.71. The molecule has 0 saturated heterocycles. The topological polar surface area (TPSA) is 69.6 Å². The van der Waals surface area contributed by atoms with Gasteiger partial charge in [-0.2, -0.15) is 0 Å². The first-order valence-corrected chi connectivity index (χ1v) is 10.7. The molecule has 0 aliphatic rings. The molecule has 2 aromatic carbocycles. The number of nitrogens with zero attached hydrogens (tertiary/aromatic N) is 1. The molecule has 3 aromatic rings. The van der Waals surface area contributed by atoms with Crippen molar-refractivity contribution in [3.8, 4) is 11.5 Å². The average molecular weight is 423 g/mol. The molecule has 0 spiro atoms. The standard InChI is InChI=1S/C25H30N2O4/c1-6-30-21-13-12-17(14-22(21)31-7-2)24(16(3)4)26-25(29)19-15-23(28)27(5)20-11-9-8-10-18(19)20/h8-16,24H,6-7H2,1-5H3,(H,26,29). The molecule has 6 nitrogen and oxygen atoms in total. The van der Waals surface area contributed by atoms with E-state index in [1.165, 1.54) is 6.07 Å². The summed E-state index contributed by atoms with van der Waals surface area (Å²) in [6.45, 7) is 9.00. The quantitative estimate of drug-likeness (QED) is 0.582. The molecule has 1 unspecified atom stereocenters. The van der Waals surface area contributed by atoms with Crippen LogP contribution in [-0.4, -0.2) is 23.7 Å². The molecule has 0 bridgehead atoms. The third-order valence-electron chi connectivity index (χ3n) is 5.28. The number of pyridine rings is 1. The van der Waals surface area contributed by atoms with E-state index in [9.17, 15) is 9.59 Å². The number of rotatable bonds is 8. The second-order valence-electron chi connectivity index (χ2n) is 7.74. The summed E-state index contributed by atoms with van der Waals surface area (Å²) in [6, 6.07) is 14.3. The van der Waals surface area contributed by atoms with E-state index in [0.717, 1.165) is 16.5 Å². The van der Waals surface area contributed by atoms with Crippen LogP contribution in [0.25, 0.3) is 10.9 Å². The van der Waals surface area contributed by atoms with Crippen molar-refractivity contribution in [3.05, 3.63) is 70.0 Å². The van der Waals surface area contributed by atoms with E-state index in [1.807, 2.05) is 70.2 Å². The monoisotopic (exact) mass is 422 g/mol. The predicted molar refractivity (Wildman–Crippen MR) is 123 cm³/mol. The number of aryl methyl sites for hydroxylation is 1. The first-order valence-electron chi connectivity index (χ1n) is 10.7. The van der Waals surface area contributed by atoms with Crippen molar-refractivity contribution in [1.82, 2.24) is 9.88 Å². The van der Waals surface area contributed by atoms with Crippen molar-refractivity contribution in [2.75, 3.05) is 13.2 Å². The molecule has 1 aromatic heterocycles. The molecule has 1 N–H and O–H groups in total.